The van der Waals surface area contributed by atoms with Gasteiger partial charge in [-0.05, 0) is 13.0 Å². The Hall–Kier alpha value is -1.71. The van der Waals surface area contributed by atoms with Gasteiger partial charge in [0.25, 0.3) is 0 Å². The summed E-state index contributed by atoms with van der Waals surface area (Å²) in [5, 5.41) is 0.413. The number of carbonyl (C=O) groups is 1. The highest BCUT2D eigenvalue weighted by molar-refractivity contribution is 6.06. The minimum Gasteiger partial charge on any atom is -0.360 e. The van der Waals surface area contributed by atoms with Crippen LogP contribution < -0.4 is 0 Å². The van der Waals surface area contributed by atoms with Gasteiger partial charge >= 0.3 is 0 Å². The van der Waals surface area contributed by atoms with E-state index < -0.39 is 11.6 Å². The summed E-state index contributed by atoms with van der Waals surface area (Å²) in [5.41, 5.74) is 0.799. The molecule has 1 aromatic carbocycles. The molecule has 0 aliphatic heterocycles. The summed E-state index contributed by atoms with van der Waals surface area (Å²) in [6, 6.07) is 2.06. The Morgan fingerprint density at radius 3 is 2.31 bits per heavy atom. The third-order valence-corrected chi connectivity index (χ3v) is 2.10. The monoisotopic (exact) mass is 225 g/mol. The van der Waals surface area contributed by atoms with Crippen LogP contribution in [-0.4, -0.2) is 10.8 Å². The number of benzene rings is 1. The number of H-pyrrole nitrogens is 1. The lowest BCUT2D eigenvalue weighted by Gasteiger charge is -1.95. The Labute approximate surface area is 92.3 Å². The maximum Gasteiger partial charge on any atom is 0.161 e. The molecular weight excluding hydrogens is 212 g/mol. The first-order chi connectivity index (χ1) is 7.59. The summed E-state index contributed by atoms with van der Waals surface area (Å²) < 4.78 is 25.6. The number of hydrogen-bond donors (Lipinski definition) is 1. The summed E-state index contributed by atoms with van der Waals surface area (Å²) in [6.07, 6.45) is 1.45. The molecule has 4 heteroatoms. The minimum atomic E-state index is -0.945. The molecule has 0 atom stereocenters. The Morgan fingerprint density at radius 1 is 1.19 bits per heavy atom. The van der Waals surface area contributed by atoms with E-state index in [0.717, 1.165) is 12.1 Å². The fraction of sp³-hybridized carbons (Fsp3) is 0.250. The first-order valence-electron chi connectivity index (χ1n) is 5.06. The molecule has 0 aliphatic carbocycles. The van der Waals surface area contributed by atoms with Gasteiger partial charge < -0.3 is 4.98 Å². The minimum absolute atomic E-state index is 0.178. The average Bonchev–Trinajstić information content (AvgIpc) is 2.65. The fourth-order valence-electron chi connectivity index (χ4n) is 1.41. The number of aromatic amines is 1. The zero-order chi connectivity index (χ0) is 12.3. The third kappa shape index (κ3) is 2.10. The van der Waals surface area contributed by atoms with Crippen molar-refractivity contribution < 1.29 is 13.6 Å². The molecule has 2 rings (SSSR count). The van der Waals surface area contributed by atoms with E-state index >= 15 is 0 Å². The van der Waals surface area contributed by atoms with Crippen LogP contribution in [0.4, 0.5) is 8.78 Å². The zero-order valence-corrected chi connectivity index (χ0v) is 9.40. The predicted molar refractivity (Wildman–Crippen MR) is 59.6 cm³/mol. The van der Waals surface area contributed by atoms with E-state index in [0.29, 0.717) is 16.5 Å². The molecule has 0 saturated carbocycles. The van der Waals surface area contributed by atoms with E-state index in [2.05, 4.69) is 4.98 Å². The van der Waals surface area contributed by atoms with E-state index in [1.807, 2.05) is 13.8 Å². The molecule has 0 saturated heterocycles. The van der Waals surface area contributed by atoms with Gasteiger partial charge in [-0.25, -0.2) is 8.78 Å². The largest absolute Gasteiger partial charge is 0.360 e. The van der Waals surface area contributed by atoms with Gasteiger partial charge in [0, 0.05) is 28.7 Å². The quantitative estimate of drug-likeness (QED) is 0.738. The number of aromatic nitrogens is 1. The van der Waals surface area contributed by atoms with E-state index in [4.69, 9.17) is 0 Å². The molecule has 0 radical (unpaired) electrons. The highest BCUT2D eigenvalue weighted by atomic mass is 19.2. The molecule has 0 unspecified atom stereocenters. The maximum atomic E-state index is 12.9. The first-order valence-corrected chi connectivity index (χ1v) is 5.06. The van der Waals surface area contributed by atoms with Crippen molar-refractivity contribution in [2.24, 2.45) is 0 Å². The van der Waals surface area contributed by atoms with Gasteiger partial charge in [-0.2, -0.15) is 0 Å². The lowest BCUT2D eigenvalue weighted by atomic mass is 10.1. The summed E-state index contributed by atoms with van der Waals surface area (Å²) in [5.74, 6) is -2.05. The molecule has 2 nitrogen and oxygen atoms in total. The van der Waals surface area contributed by atoms with E-state index in [-0.39, 0.29) is 5.78 Å². The molecule has 0 aliphatic rings. The van der Waals surface area contributed by atoms with E-state index in [1.165, 1.54) is 13.1 Å². The number of rotatable bonds is 1. The molecule has 0 bridgehead atoms. The van der Waals surface area contributed by atoms with Crippen molar-refractivity contribution in [2.45, 2.75) is 20.8 Å². The predicted octanol–water partition coefficient (Wildman–Crippen LogP) is 3.67. The van der Waals surface area contributed by atoms with Crippen LogP contribution in [0.15, 0.2) is 18.3 Å². The van der Waals surface area contributed by atoms with Gasteiger partial charge in [0.1, 0.15) is 0 Å². The van der Waals surface area contributed by atoms with Crippen molar-refractivity contribution in [3.8, 4) is 0 Å². The first kappa shape index (κ1) is 12.4. The van der Waals surface area contributed by atoms with Crippen molar-refractivity contribution in [3.05, 3.63) is 35.5 Å². The Balaban J connectivity index is 0.000000606. The van der Waals surface area contributed by atoms with Crippen LogP contribution in [-0.2, 0) is 0 Å². The number of ketones is 1. The van der Waals surface area contributed by atoms with Gasteiger partial charge in [0.2, 0.25) is 0 Å². The molecule has 0 fully saturated rings. The van der Waals surface area contributed by atoms with Crippen LogP contribution >= 0.6 is 0 Å². The molecule has 1 N–H and O–H groups in total. The highest BCUT2D eigenvalue weighted by Crippen LogP contribution is 2.21. The smallest absolute Gasteiger partial charge is 0.161 e. The molecule has 0 amide bonds. The van der Waals surface area contributed by atoms with Crippen LogP contribution in [0, 0.1) is 11.6 Å². The number of nitrogens with one attached hydrogen (secondary N) is 1. The Kier molecular flexibility index (Phi) is 3.77. The molecular formula is C12H13F2NO. The average molecular weight is 225 g/mol. The second kappa shape index (κ2) is 4.88. The number of carbonyl (C=O) groups excluding carboxylic acids is 1. The number of fused-ring (bicyclic) bond motifs is 1. The number of hydrogen-bond acceptors (Lipinski definition) is 1. The molecule has 16 heavy (non-hydrogen) atoms. The summed E-state index contributed by atoms with van der Waals surface area (Å²) in [4.78, 5) is 13.8. The van der Waals surface area contributed by atoms with E-state index in [9.17, 15) is 13.6 Å². The summed E-state index contributed by atoms with van der Waals surface area (Å²) >= 11 is 0. The second-order valence-electron chi connectivity index (χ2n) is 3.07. The topological polar surface area (TPSA) is 32.9 Å². The third-order valence-electron chi connectivity index (χ3n) is 2.10. The Morgan fingerprint density at radius 2 is 1.75 bits per heavy atom. The Bertz CT molecular complexity index is 517. The van der Waals surface area contributed by atoms with Crippen molar-refractivity contribution >= 4 is 16.7 Å². The summed E-state index contributed by atoms with van der Waals surface area (Å²) in [6.45, 7) is 5.38. The molecule has 1 heterocycles. The normalized spacial score (nSPS) is 9.81. The van der Waals surface area contributed by atoms with Crippen molar-refractivity contribution in [1.29, 1.82) is 0 Å². The fourth-order valence-corrected chi connectivity index (χ4v) is 1.41. The van der Waals surface area contributed by atoms with Gasteiger partial charge in [0.15, 0.2) is 17.4 Å². The van der Waals surface area contributed by atoms with Crippen LogP contribution in [0.3, 0.4) is 0 Å². The number of Topliss-reactive ketones (excluding diaryl/α,β-unsaturated/α-hetero) is 1. The second-order valence-corrected chi connectivity index (χ2v) is 3.07. The van der Waals surface area contributed by atoms with E-state index in [1.54, 1.807) is 0 Å². The highest BCUT2D eigenvalue weighted by Gasteiger charge is 2.11. The van der Waals surface area contributed by atoms with Gasteiger partial charge in [-0.3, -0.25) is 4.79 Å². The van der Waals surface area contributed by atoms with Crippen LogP contribution in [0.5, 0.6) is 0 Å². The number of halogens is 2. The molecule has 1 aromatic heterocycles. The van der Waals surface area contributed by atoms with Crippen molar-refractivity contribution in [2.75, 3.05) is 0 Å². The maximum absolute atomic E-state index is 12.9. The zero-order valence-electron chi connectivity index (χ0n) is 9.40. The standard InChI is InChI=1S/C10H7F2NO.C2H6/c1-5(14)7-4-13-10-3-9(12)8(11)2-6(7)10;1-2/h2-4,13H,1H3;1-2H3. The SMILES string of the molecule is CC.CC(=O)c1c[nH]c2cc(F)c(F)cc12. The van der Waals surface area contributed by atoms with Crippen molar-refractivity contribution in [3.63, 3.8) is 0 Å². The molecule has 86 valence electrons. The summed E-state index contributed by atoms with van der Waals surface area (Å²) in [7, 11) is 0. The lowest BCUT2D eigenvalue weighted by Crippen LogP contribution is -1.90. The lowest BCUT2D eigenvalue weighted by molar-refractivity contribution is 0.101. The molecule has 0 spiro atoms. The van der Waals surface area contributed by atoms with Gasteiger partial charge in [-0.15, -0.1) is 0 Å². The van der Waals surface area contributed by atoms with Gasteiger partial charge in [-0.1, -0.05) is 13.8 Å². The van der Waals surface area contributed by atoms with Gasteiger partial charge in [0.05, 0.1) is 0 Å². The molecule has 2 aromatic rings. The van der Waals surface area contributed by atoms with Crippen LogP contribution in [0.1, 0.15) is 31.1 Å². The van der Waals surface area contributed by atoms with Crippen molar-refractivity contribution in [1.82, 2.24) is 4.98 Å². The van der Waals surface area contributed by atoms with Crippen LogP contribution in [0.25, 0.3) is 10.9 Å². The van der Waals surface area contributed by atoms with Crippen LogP contribution in [0.2, 0.25) is 0 Å².